The largest absolute Gasteiger partial charge is 0.409 e. The fraction of sp³-hybridized carbons (Fsp3) is 0.900. The molecule has 15 heavy (non-hydrogen) atoms. The highest BCUT2D eigenvalue weighted by Crippen LogP contribution is 2.22. The molecular weight excluding hydrogens is 194 g/mol. The van der Waals surface area contributed by atoms with Gasteiger partial charge < -0.3 is 16.0 Å². The van der Waals surface area contributed by atoms with Crippen molar-refractivity contribution in [3.8, 4) is 0 Å². The number of aliphatic hydroxyl groups excluding tert-OH is 1. The molecule has 0 unspecified atom stereocenters. The lowest BCUT2D eigenvalue weighted by Crippen LogP contribution is -2.43. The zero-order valence-corrected chi connectivity index (χ0v) is 9.10. The SMILES string of the molecule is NC(CN(CCO)C1CCCCC1)=NO. The van der Waals surface area contributed by atoms with E-state index in [0.29, 0.717) is 19.1 Å². The van der Waals surface area contributed by atoms with Crippen molar-refractivity contribution in [2.75, 3.05) is 19.7 Å². The highest BCUT2D eigenvalue weighted by molar-refractivity contribution is 5.81. The van der Waals surface area contributed by atoms with Crippen LogP contribution in [0.4, 0.5) is 0 Å². The summed E-state index contributed by atoms with van der Waals surface area (Å²) < 4.78 is 0. The molecule has 0 spiro atoms. The molecule has 0 saturated heterocycles. The predicted octanol–water partition coefficient (Wildman–Crippen LogP) is 0.360. The Labute approximate surface area is 90.6 Å². The molecule has 0 heterocycles. The van der Waals surface area contributed by atoms with Gasteiger partial charge in [0.15, 0.2) is 5.84 Å². The Kier molecular flexibility index (Phi) is 5.42. The van der Waals surface area contributed by atoms with Crippen molar-refractivity contribution in [1.29, 1.82) is 0 Å². The first-order valence-electron chi connectivity index (χ1n) is 5.59. The van der Waals surface area contributed by atoms with E-state index < -0.39 is 0 Å². The second kappa shape index (κ2) is 6.63. The van der Waals surface area contributed by atoms with Crippen molar-refractivity contribution in [3.05, 3.63) is 0 Å². The van der Waals surface area contributed by atoms with Crippen LogP contribution in [0.3, 0.4) is 0 Å². The fourth-order valence-electron chi connectivity index (χ4n) is 2.21. The van der Waals surface area contributed by atoms with E-state index in [-0.39, 0.29) is 12.4 Å². The second-order valence-electron chi connectivity index (χ2n) is 4.08. The van der Waals surface area contributed by atoms with E-state index in [1.165, 1.54) is 19.3 Å². The molecule has 0 aromatic carbocycles. The first-order chi connectivity index (χ1) is 7.27. The first kappa shape index (κ1) is 12.3. The zero-order valence-electron chi connectivity index (χ0n) is 9.10. The van der Waals surface area contributed by atoms with Gasteiger partial charge in [-0.15, -0.1) is 0 Å². The van der Waals surface area contributed by atoms with Gasteiger partial charge in [-0.3, -0.25) is 4.90 Å². The van der Waals surface area contributed by atoms with Gasteiger partial charge in [0.25, 0.3) is 0 Å². The summed E-state index contributed by atoms with van der Waals surface area (Å²) in [7, 11) is 0. The number of nitrogens with two attached hydrogens (primary N) is 1. The maximum Gasteiger partial charge on any atom is 0.153 e. The third kappa shape index (κ3) is 4.05. The molecule has 5 nitrogen and oxygen atoms in total. The summed E-state index contributed by atoms with van der Waals surface area (Å²) >= 11 is 0. The number of oxime groups is 1. The summed E-state index contributed by atoms with van der Waals surface area (Å²) in [5.41, 5.74) is 5.49. The van der Waals surface area contributed by atoms with Crippen molar-refractivity contribution < 1.29 is 10.3 Å². The number of rotatable bonds is 5. The Hall–Kier alpha value is -0.810. The number of hydrogen-bond acceptors (Lipinski definition) is 4. The van der Waals surface area contributed by atoms with E-state index in [2.05, 4.69) is 10.1 Å². The van der Waals surface area contributed by atoms with Gasteiger partial charge in [-0.25, -0.2) is 0 Å². The van der Waals surface area contributed by atoms with Gasteiger partial charge in [0.05, 0.1) is 13.2 Å². The van der Waals surface area contributed by atoms with Crippen LogP contribution in [0.25, 0.3) is 0 Å². The van der Waals surface area contributed by atoms with Crippen molar-refractivity contribution in [3.63, 3.8) is 0 Å². The molecule has 88 valence electrons. The van der Waals surface area contributed by atoms with Gasteiger partial charge in [0, 0.05) is 12.6 Å². The van der Waals surface area contributed by atoms with Crippen molar-refractivity contribution in [2.24, 2.45) is 10.9 Å². The average Bonchev–Trinajstić information content (AvgIpc) is 2.29. The van der Waals surface area contributed by atoms with Gasteiger partial charge in [0.2, 0.25) is 0 Å². The predicted molar refractivity (Wildman–Crippen MR) is 58.9 cm³/mol. The molecule has 0 bridgehead atoms. The van der Waals surface area contributed by atoms with Crippen molar-refractivity contribution >= 4 is 5.84 Å². The Morgan fingerprint density at radius 2 is 2.00 bits per heavy atom. The van der Waals surface area contributed by atoms with Crippen LogP contribution < -0.4 is 5.73 Å². The normalized spacial score (nSPS) is 19.7. The van der Waals surface area contributed by atoms with Crippen LogP contribution in [-0.2, 0) is 0 Å². The molecule has 0 aromatic rings. The van der Waals surface area contributed by atoms with Crippen LogP contribution in [0, 0.1) is 0 Å². The van der Waals surface area contributed by atoms with E-state index in [9.17, 15) is 0 Å². The third-order valence-electron chi connectivity index (χ3n) is 2.97. The Balaban J connectivity index is 2.47. The Morgan fingerprint density at radius 3 is 2.53 bits per heavy atom. The number of aliphatic hydroxyl groups is 1. The Bertz CT molecular complexity index is 203. The van der Waals surface area contributed by atoms with Gasteiger partial charge >= 0.3 is 0 Å². The van der Waals surface area contributed by atoms with E-state index in [0.717, 1.165) is 12.8 Å². The van der Waals surface area contributed by atoms with Crippen molar-refractivity contribution in [1.82, 2.24) is 4.90 Å². The van der Waals surface area contributed by atoms with Crippen LogP contribution in [0.15, 0.2) is 5.16 Å². The summed E-state index contributed by atoms with van der Waals surface area (Å²) in [5.74, 6) is 0.217. The summed E-state index contributed by atoms with van der Waals surface area (Å²) in [4.78, 5) is 2.11. The smallest absolute Gasteiger partial charge is 0.153 e. The summed E-state index contributed by atoms with van der Waals surface area (Å²) in [6.07, 6.45) is 6.08. The lowest BCUT2D eigenvalue weighted by molar-refractivity contribution is 0.139. The number of amidine groups is 1. The number of nitrogens with zero attached hydrogens (tertiary/aromatic N) is 2. The summed E-state index contributed by atoms with van der Waals surface area (Å²) in [6.45, 7) is 1.16. The van der Waals surface area contributed by atoms with E-state index in [1.807, 2.05) is 0 Å². The topological polar surface area (TPSA) is 82.1 Å². The molecule has 0 aliphatic heterocycles. The molecule has 0 aromatic heterocycles. The van der Waals surface area contributed by atoms with Crippen LogP contribution >= 0.6 is 0 Å². The minimum Gasteiger partial charge on any atom is -0.409 e. The van der Waals surface area contributed by atoms with Crippen molar-refractivity contribution in [2.45, 2.75) is 38.1 Å². The number of hydrogen-bond donors (Lipinski definition) is 3. The summed E-state index contributed by atoms with van der Waals surface area (Å²) in [6, 6.07) is 0.478. The molecule has 0 atom stereocenters. The van der Waals surface area contributed by atoms with Gasteiger partial charge in [-0.2, -0.15) is 0 Å². The van der Waals surface area contributed by atoms with Gasteiger partial charge in [-0.05, 0) is 12.8 Å². The highest BCUT2D eigenvalue weighted by Gasteiger charge is 2.21. The Morgan fingerprint density at radius 1 is 1.33 bits per heavy atom. The third-order valence-corrected chi connectivity index (χ3v) is 2.97. The first-order valence-corrected chi connectivity index (χ1v) is 5.59. The maximum absolute atomic E-state index is 8.97. The minimum atomic E-state index is 0.120. The quantitative estimate of drug-likeness (QED) is 0.268. The molecule has 4 N–H and O–H groups in total. The van der Waals surface area contributed by atoms with Crippen LogP contribution in [-0.4, -0.2) is 46.8 Å². The molecule has 0 amide bonds. The van der Waals surface area contributed by atoms with Crippen LogP contribution in [0.1, 0.15) is 32.1 Å². The second-order valence-corrected chi connectivity index (χ2v) is 4.08. The average molecular weight is 215 g/mol. The molecular formula is C10H21N3O2. The molecule has 1 fully saturated rings. The standard InChI is InChI=1S/C10H21N3O2/c11-10(12-15)8-13(6-7-14)9-4-2-1-3-5-9/h9,14-15H,1-8H2,(H2,11,12). The lowest BCUT2D eigenvalue weighted by Gasteiger charge is -2.33. The van der Waals surface area contributed by atoms with E-state index in [1.54, 1.807) is 0 Å². The van der Waals surface area contributed by atoms with Crippen LogP contribution in [0.5, 0.6) is 0 Å². The highest BCUT2D eigenvalue weighted by atomic mass is 16.4. The van der Waals surface area contributed by atoms with E-state index >= 15 is 0 Å². The zero-order chi connectivity index (χ0) is 11.1. The molecule has 5 heteroatoms. The molecule has 1 saturated carbocycles. The van der Waals surface area contributed by atoms with E-state index in [4.69, 9.17) is 16.0 Å². The molecule has 1 aliphatic rings. The summed E-state index contributed by atoms with van der Waals surface area (Å²) in [5, 5.41) is 20.5. The monoisotopic (exact) mass is 215 g/mol. The maximum atomic E-state index is 8.97. The molecule has 1 rings (SSSR count). The van der Waals surface area contributed by atoms with Gasteiger partial charge in [-0.1, -0.05) is 24.4 Å². The molecule has 1 aliphatic carbocycles. The minimum absolute atomic E-state index is 0.120. The molecule has 0 radical (unpaired) electrons. The lowest BCUT2D eigenvalue weighted by atomic mass is 9.94. The van der Waals surface area contributed by atoms with Gasteiger partial charge in [0.1, 0.15) is 0 Å². The fourth-order valence-corrected chi connectivity index (χ4v) is 2.21. The van der Waals surface area contributed by atoms with Crippen LogP contribution in [0.2, 0.25) is 0 Å².